The SMILES string of the molecule is CCCOc1ccc(CNCCc2ccc(S(N)(=O)=O)cc2)cc1. The molecule has 0 spiro atoms. The number of benzene rings is 2. The van der Waals surface area contributed by atoms with E-state index in [4.69, 9.17) is 9.88 Å². The van der Waals surface area contributed by atoms with Gasteiger partial charge < -0.3 is 10.1 Å². The summed E-state index contributed by atoms with van der Waals surface area (Å²) in [5.41, 5.74) is 2.27. The van der Waals surface area contributed by atoms with Gasteiger partial charge in [0.05, 0.1) is 11.5 Å². The Morgan fingerprint density at radius 3 is 2.21 bits per heavy atom. The minimum atomic E-state index is -3.62. The molecule has 24 heavy (non-hydrogen) atoms. The highest BCUT2D eigenvalue weighted by atomic mass is 32.2. The number of nitrogens with one attached hydrogen (secondary N) is 1. The normalized spacial score (nSPS) is 11.4. The number of primary sulfonamides is 1. The van der Waals surface area contributed by atoms with Gasteiger partial charge >= 0.3 is 0 Å². The van der Waals surface area contributed by atoms with Crippen LogP contribution in [-0.2, 0) is 23.0 Å². The van der Waals surface area contributed by atoms with E-state index in [0.29, 0.717) is 0 Å². The lowest BCUT2D eigenvalue weighted by molar-refractivity contribution is 0.317. The van der Waals surface area contributed by atoms with E-state index < -0.39 is 10.0 Å². The molecular formula is C18H24N2O3S. The third-order valence-corrected chi connectivity index (χ3v) is 4.50. The summed E-state index contributed by atoms with van der Waals surface area (Å²) in [5.74, 6) is 0.899. The van der Waals surface area contributed by atoms with Gasteiger partial charge in [-0.2, -0.15) is 0 Å². The molecule has 0 aromatic heterocycles. The number of rotatable bonds is 9. The minimum Gasteiger partial charge on any atom is -0.494 e. The van der Waals surface area contributed by atoms with Crippen molar-refractivity contribution >= 4 is 10.0 Å². The van der Waals surface area contributed by atoms with E-state index in [1.54, 1.807) is 24.3 Å². The molecule has 0 bridgehead atoms. The first-order chi connectivity index (χ1) is 11.5. The number of ether oxygens (including phenoxy) is 1. The lowest BCUT2D eigenvalue weighted by Gasteiger charge is -2.08. The molecule has 5 nitrogen and oxygen atoms in total. The third-order valence-electron chi connectivity index (χ3n) is 3.57. The van der Waals surface area contributed by atoms with Crippen LogP contribution in [0, 0.1) is 0 Å². The van der Waals surface area contributed by atoms with Crippen LogP contribution in [0.1, 0.15) is 24.5 Å². The van der Waals surface area contributed by atoms with Gasteiger partial charge in [-0.25, -0.2) is 13.6 Å². The van der Waals surface area contributed by atoms with Gasteiger partial charge in [0.1, 0.15) is 5.75 Å². The molecule has 0 unspecified atom stereocenters. The van der Waals surface area contributed by atoms with Gasteiger partial charge in [-0.15, -0.1) is 0 Å². The Morgan fingerprint density at radius 1 is 1.00 bits per heavy atom. The van der Waals surface area contributed by atoms with Crippen molar-refractivity contribution in [1.82, 2.24) is 5.32 Å². The second-order valence-electron chi connectivity index (χ2n) is 5.61. The Bertz CT molecular complexity index is 726. The maximum Gasteiger partial charge on any atom is 0.238 e. The lowest BCUT2D eigenvalue weighted by atomic mass is 10.1. The van der Waals surface area contributed by atoms with Crippen LogP contribution in [0.15, 0.2) is 53.4 Å². The zero-order valence-electron chi connectivity index (χ0n) is 13.9. The summed E-state index contributed by atoms with van der Waals surface area (Å²) in [4.78, 5) is 0.143. The number of hydrogen-bond donors (Lipinski definition) is 2. The summed E-state index contributed by atoms with van der Waals surface area (Å²) in [6.07, 6.45) is 1.82. The molecule has 0 aliphatic heterocycles. The van der Waals surface area contributed by atoms with Crippen LogP contribution >= 0.6 is 0 Å². The first-order valence-corrected chi connectivity index (χ1v) is 9.58. The van der Waals surface area contributed by atoms with Crippen molar-refractivity contribution < 1.29 is 13.2 Å². The summed E-state index contributed by atoms with van der Waals surface area (Å²) < 4.78 is 28.0. The van der Waals surface area contributed by atoms with E-state index in [9.17, 15) is 8.42 Å². The highest BCUT2D eigenvalue weighted by Crippen LogP contribution is 2.12. The predicted octanol–water partition coefficient (Wildman–Crippen LogP) is 2.46. The Morgan fingerprint density at radius 2 is 1.62 bits per heavy atom. The molecule has 0 heterocycles. The summed E-state index contributed by atoms with van der Waals surface area (Å²) in [7, 11) is -3.62. The van der Waals surface area contributed by atoms with E-state index in [0.717, 1.165) is 43.9 Å². The van der Waals surface area contributed by atoms with Crippen LogP contribution in [0.2, 0.25) is 0 Å². The van der Waals surface area contributed by atoms with Gasteiger partial charge in [-0.1, -0.05) is 31.2 Å². The van der Waals surface area contributed by atoms with Crippen molar-refractivity contribution in [2.75, 3.05) is 13.2 Å². The maximum atomic E-state index is 11.2. The fourth-order valence-corrected chi connectivity index (χ4v) is 2.75. The molecule has 0 amide bonds. The van der Waals surface area contributed by atoms with Crippen molar-refractivity contribution in [1.29, 1.82) is 0 Å². The molecule has 0 atom stereocenters. The largest absolute Gasteiger partial charge is 0.494 e. The molecule has 0 radical (unpaired) electrons. The average Bonchev–Trinajstić information content (AvgIpc) is 2.57. The van der Waals surface area contributed by atoms with Crippen LogP contribution in [0.5, 0.6) is 5.75 Å². The zero-order chi connectivity index (χ0) is 17.4. The van der Waals surface area contributed by atoms with Crippen molar-refractivity contribution in [3.8, 4) is 5.75 Å². The highest BCUT2D eigenvalue weighted by molar-refractivity contribution is 7.89. The van der Waals surface area contributed by atoms with Gasteiger partial charge in [-0.05, 0) is 54.8 Å². The van der Waals surface area contributed by atoms with Crippen LogP contribution in [0.25, 0.3) is 0 Å². The van der Waals surface area contributed by atoms with Crippen molar-refractivity contribution in [2.45, 2.75) is 31.2 Å². The lowest BCUT2D eigenvalue weighted by Crippen LogP contribution is -2.17. The first-order valence-electron chi connectivity index (χ1n) is 8.03. The van der Waals surface area contributed by atoms with Gasteiger partial charge in [0.2, 0.25) is 10.0 Å². The van der Waals surface area contributed by atoms with E-state index >= 15 is 0 Å². The average molecular weight is 348 g/mol. The maximum absolute atomic E-state index is 11.2. The second-order valence-corrected chi connectivity index (χ2v) is 7.17. The summed E-state index contributed by atoms with van der Waals surface area (Å²) in [6, 6.07) is 14.7. The standard InChI is InChI=1S/C18H24N2O3S/c1-2-13-23-17-7-3-16(4-8-17)14-20-12-11-15-5-9-18(10-6-15)24(19,21)22/h3-10,20H,2,11-14H2,1H3,(H2,19,21,22). The quantitative estimate of drug-likeness (QED) is 0.682. The predicted molar refractivity (Wildman–Crippen MR) is 95.5 cm³/mol. The molecule has 0 aliphatic carbocycles. The van der Waals surface area contributed by atoms with E-state index in [-0.39, 0.29) is 4.90 Å². The second kappa shape index (κ2) is 8.82. The third kappa shape index (κ3) is 5.96. The van der Waals surface area contributed by atoms with Crippen LogP contribution < -0.4 is 15.2 Å². The fourth-order valence-electron chi connectivity index (χ4n) is 2.23. The molecule has 0 saturated carbocycles. The molecule has 0 fully saturated rings. The number of sulfonamides is 1. The van der Waals surface area contributed by atoms with Gasteiger partial charge in [0.15, 0.2) is 0 Å². The van der Waals surface area contributed by atoms with Gasteiger partial charge in [0.25, 0.3) is 0 Å². The Labute approximate surface area is 143 Å². The molecule has 3 N–H and O–H groups in total. The minimum absolute atomic E-state index is 0.143. The van der Waals surface area contributed by atoms with Crippen LogP contribution in [-0.4, -0.2) is 21.6 Å². The Hall–Kier alpha value is -1.89. The molecule has 6 heteroatoms. The zero-order valence-corrected chi connectivity index (χ0v) is 14.7. The molecule has 2 aromatic carbocycles. The summed E-state index contributed by atoms with van der Waals surface area (Å²) in [6.45, 7) is 4.41. The fraction of sp³-hybridized carbons (Fsp3) is 0.333. The van der Waals surface area contributed by atoms with Crippen molar-refractivity contribution in [2.24, 2.45) is 5.14 Å². The molecule has 130 valence electrons. The summed E-state index contributed by atoms with van der Waals surface area (Å²) >= 11 is 0. The van der Waals surface area contributed by atoms with Crippen molar-refractivity contribution in [3.05, 3.63) is 59.7 Å². The number of hydrogen-bond acceptors (Lipinski definition) is 4. The van der Waals surface area contributed by atoms with Crippen LogP contribution in [0.3, 0.4) is 0 Å². The highest BCUT2D eigenvalue weighted by Gasteiger charge is 2.06. The molecular weight excluding hydrogens is 324 g/mol. The smallest absolute Gasteiger partial charge is 0.238 e. The van der Waals surface area contributed by atoms with E-state index in [2.05, 4.69) is 24.4 Å². The number of nitrogens with two attached hydrogens (primary N) is 1. The Kier molecular flexibility index (Phi) is 6.78. The van der Waals surface area contributed by atoms with E-state index in [1.165, 1.54) is 5.56 Å². The molecule has 0 saturated heterocycles. The topological polar surface area (TPSA) is 81.4 Å². The first kappa shape index (κ1) is 18.4. The van der Waals surface area contributed by atoms with E-state index in [1.807, 2.05) is 12.1 Å². The molecule has 0 aliphatic rings. The van der Waals surface area contributed by atoms with Gasteiger partial charge in [-0.3, -0.25) is 0 Å². The van der Waals surface area contributed by atoms with Crippen LogP contribution in [0.4, 0.5) is 0 Å². The Balaban J connectivity index is 1.74. The monoisotopic (exact) mass is 348 g/mol. The van der Waals surface area contributed by atoms with Crippen molar-refractivity contribution in [3.63, 3.8) is 0 Å². The van der Waals surface area contributed by atoms with Gasteiger partial charge in [0, 0.05) is 6.54 Å². The molecule has 2 rings (SSSR count). The summed E-state index contributed by atoms with van der Waals surface area (Å²) in [5, 5.41) is 8.46. The molecule has 2 aromatic rings.